The molecule has 2 heterocycles. The highest BCUT2D eigenvalue weighted by atomic mass is 32.1. The molecule has 0 unspecified atom stereocenters. The summed E-state index contributed by atoms with van der Waals surface area (Å²) < 4.78 is 0. The van der Waals surface area contributed by atoms with Gasteiger partial charge in [0.05, 0.1) is 6.54 Å². The second-order valence-corrected chi connectivity index (χ2v) is 4.41. The standard InChI is InChI=1S/C10H12N4S/c11-6-8-2-3-9(15-8)7-14-10-12-4-1-5-13-10/h2-3H,1,4-5,7H2,(H2,12,13,14). The molecule has 1 aromatic heterocycles. The van der Waals surface area contributed by atoms with Crippen molar-refractivity contribution < 1.29 is 0 Å². The van der Waals surface area contributed by atoms with Crippen molar-refractivity contribution in [1.29, 1.82) is 5.26 Å². The van der Waals surface area contributed by atoms with E-state index in [1.807, 2.05) is 12.1 Å². The summed E-state index contributed by atoms with van der Waals surface area (Å²) in [5.74, 6) is 0.869. The summed E-state index contributed by atoms with van der Waals surface area (Å²) in [4.78, 5) is 6.21. The Labute approximate surface area is 92.6 Å². The minimum absolute atomic E-state index is 0.734. The largest absolute Gasteiger partial charge is 0.356 e. The molecule has 0 saturated heterocycles. The minimum atomic E-state index is 0.734. The second kappa shape index (κ2) is 4.80. The van der Waals surface area contributed by atoms with Gasteiger partial charge in [0.1, 0.15) is 10.9 Å². The van der Waals surface area contributed by atoms with Crippen LogP contribution in [0.25, 0.3) is 0 Å². The molecule has 0 bridgehead atoms. The molecular weight excluding hydrogens is 208 g/mol. The molecule has 0 aromatic carbocycles. The number of aliphatic imine (C=N–C) groups is 1. The lowest BCUT2D eigenvalue weighted by Gasteiger charge is -2.15. The average Bonchev–Trinajstić information content (AvgIpc) is 2.76. The number of nitriles is 1. The average molecular weight is 220 g/mol. The van der Waals surface area contributed by atoms with E-state index in [1.54, 1.807) is 0 Å². The molecule has 1 aliphatic rings. The van der Waals surface area contributed by atoms with Crippen LogP contribution in [0.2, 0.25) is 0 Å². The number of rotatable bonds is 2. The fourth-order valence-electron chi connectivity index (χ4n) is 1.35. The Kier molecular flexibility index (Phi) is 3.20. The van der Waals surface area contributed by atoms with Gasteiger partial charge in [0, 0.05) is 18.0 Å². The first-order chi connectivity index (χ1) is 7.38. The summed E-state index contributed by atoms with van der Waals surface area (Å²) in [7, 11) is 0. The van der Waals surface area contributed by atoms with Gasteiger partial charge in [-0.05, 0) is 18.6 Å². The van der Waals surface area contributed by atoms with Crippen molar-refractivity contribution >= 4 is 17.3 Å². The van der Waals surface area contributed by atoms with Crippen molar-refractivity contribution in [2.45, 2.75) is 13.0 Å². The third-order valence-electron chi connectivity index (χ3n) is 2.10. The van der Waals surface area contributed by atoms with Crippen LogP contribution in [0.15, 0.2) is 17.1 Å². The molecule has 5 heteroatoms. The van der Waals surface area contributed by atoms with Gasteiger partial charge in [0.25, 0.3) is 0 Å². The van der Waals surface area contributed by atoms with E-state index < -0.39 is 0 Å². The normalized spacial score (nSPS) is 15.0. The van der Waals surface area contributed by atoms with E-state index in [1.165, 1.54) is 11.3 Å². The zero-order valence-corrected chi connectivity index (χ0v) is 9.10. The maximum Gasteiger partial charge on any atom is 0.191 e. The molecule has 0 radical (unpaired) electrons. The maximum atomic E-state index is 8.67. The summed E-state index contributed by atoms with van der Waals surface area (Å²) in [5, 5.41) is 15.1. The number of thiophene rings is 1. The molecule has 78 valence electrons. The number of guanidine groups is 1. The van der Waals surface area contributed by atoms with Crippen LogP contribution >= 0.6 is 11.3 Å². The minimum Gasteiger partial charge on any atom is -0.356 e. The van der Waals surface area contributed by atoms with Crippen LogP contribution in [-0.4, -0.2) is 19.0 Å². The maximum absolute atomic E-state index is 8.67. The van der Waals surface area contributed by atoms with Crippen molar-refractivity contribution in [2.75, 3.05) is 13.1 Å². The summed E-state index contributed by atoms with van der Waals surface area (Å²) >= 11 is 1.52. The topological polar surface area (TPSA) is 60.2 Å². The van der Waals surface area contributed by atoms with Crippen LogP contribution in [0, 0.1) is 11.3 Å². The Bertz CT molecular complexity index is 402. The molecule has 2 N–H and O–H groups in total. The molecule has 1 aromatic rings. The molecule has 0 aliphatic carbocycles. The van der Waals surface area contributed by atoms with Crippen LogP contribution in [0.1, 0.15) is 16.2 Å². The van der Waals surface area contributed by atoms with E-state index in [4.69, 9.17) is 5.26 Å². The Balaban J connectivity index is 1.87. The highest BCUT2D eigenvalue weighted by molar-refractivity contribution is 7.12. The van der Waals surface area contributed by atoms with Gasteiger partial charge < -0.3 is 10.6 Å². The van der Waals surface area contributed by atoms with Gasteiger partial charge in [-0.3, -0.25) is 4.99 Å². The molecule has 0 atom stereocenters. The zero-order valence-electron chi connectivity index (χ0n) is 8.29. The molecule has 2 rings (SSSR count). The lowest BCUT2D eigenvalue weighted by atomic mass is 10.4. The van der Waals surface area contributed by atoms with Crippen LogP contribution in [0.4, 0.5) is 0 Å². The van der Waals surface area contributed by atoms with Crippen molar-refractivity contribution in [2.24, 2.45) is 4.99 Å². The quantitative estimate of drug-likeness (QED) is 0.783. The Hall–Kier alpha value is -1.54. The van der Waals surface area contributed by atoms with Crippen LogP contribution in [0.3, 0.4) is 0 Å². The van der Waals surface area contributed by atoms with Gasteiger partial charge in [0.2, 0.25) is 0 Å². The first-order valence-electron chi connectivity index (χ1n) is 4.89. The van der Waals surface area contributed by atoms with Crippen LogP contribution in [-0.2, 0) is 6.54 Å². The van der Waals surface area contributed by atoms with Gasteiger partial charge >= 0.3 is 0 Å². The van der Waals surface area contributed by atoms with Gasteiger partial charge in [-0.1, -0.05) is 0 Å². The van der Waals surface area contributed by atoms with Crippen LogP contribution in [0.5, 0.6) is 0 Å². The number of nitrogens with one attached hydrogen (secondary N) is 2. The summed E-state index contributed by atoms with van der Waals surface area (Å²) in [6, 6.07) is 5.95. The number of hydrogen-bond acceptors (Lipinski definition) is 5. The molecule has 1 aliphatic heterocycles. The Morgan fingerprint density at radius 2 is 2.53 bits per heavy atom. The van der Waals surface area contributed by atoms with Gasteiger partial charge in [-0.2, -0.15) is 5.26 Å². The second-order valence-electron chi connectivity index (χ2n) is 3.24. The first kappa shape index (κ1) is 9.99. The lowest BCUT2D eigenvalue weighted by Crippen LogP contribution is -2.40. The molecule has 0 amide bonds. The van der Waals surface area contributed by atoms with E-state index >= 15 is 0 Å². The van der Waals surface area contributed by atoms with E-state index in [-0.39, 0.29) is 0 Å². The molecular formula is C10H12N4S. The van der Waals surface area contributed by atoms with Gasteiger partial charge in [-0.15, -0.1) is 11.3 Å². The van der Waals surface area contributed by atoms with E-state index in [9.17, 15) is 0 Å². The summed E-state index contributed by atoms with van der Waals surface area (Å²) in [5.41, 5.74) is 0. The predicted octanol–water partition coefficient (Wildman–Crippen LogP) is 1.06. The third-order valence-corrected chi connectivity index (χ3v) is 3.09. The molecule has 15 heavy (non-hydrogen) atoms. The highest BCUT2D eigenvalue weighted by Crippen LogP contribution is 2.14. The Morgan fingerprint density at radius 3 is 3.20 bits per heavy atom. The third kappa shape index (κ3) is 2.70. The Morgan fingerprint density at radius 1 is 1.60 bits per heavy atom. The molecule has 4 nitrogen and oxygen atoms in total. The smallest absolute Gasteiger partial charge is 0.191 e. The SMILES string of the molecule is N#Cc1ccc(CNC2=NCCCN2)s1. The van der Waals surface area contributed by atoms with Crippen molar-refractivity contribution in [1.82, 2.24) is 10.6 Å². The van der Waals surface area contributed by atoms with Gasteiger partial charge in [0.15, 0.2) is 5.96 Å². The predicted molar refractivity (Wildman–Crippen MR) is 60.8 cm³/mol. The molecule has 0 fully saturated rings. The number of hydrogen-bond donors (Lipinski definition) is 2. The molecule has 0 saturated carbocycles. The zero-order chi connectivity index (χ0) is 10.5. The summed E-state index contributed by atoms with van der Waals surface area (Å²) in [6.07, 6.45) is 1.10. The monoisotopic (exact) mass is 220 g/mol. The van der Waals surface area contributed by atoms with E-state index in [0.29, 0.717) is 0 Å². The highest BCUT2D eigenvalue weighted by Gasteiger charge is 2.04. The van der Waals surface area contributed by atoms with Crippen molar-refractivity contribution in [3.05, 3.63) is 21.9 Å². The fraction of sp³-hybridized carbons (Fsp3) is 0.400. The van der Waals surface area contributed by atoms with Crippen molar-refractivity contribution in [3.63, 3.8) is 0 Å². The van der Waals surface area contributed by atoms with Gasteiger partial charge in [-0.25, -0.2) is 0 Å². The lowest BCUT2D eigenvalue weighted by molar-refractivity contribution is 0.703. The van der Waals surface area contributed by atoms with E-state index in [0.717, 1.165) is 41.8 Å². The number of nitrogens with zero attached hydrogens (tertiary/aromatic N) is 2. The molecule has 0 spiro atoms. The summed E-state index contributed by atoms with van der Waals surface area (Å²) in [6.45, 7) is 2.61. The fourth-order valence-corrected chi connectivity index (χ4v) is 2.10. The first-order valence-corrected chi connectivity index (χ1v) is 5.71. The van der Waals surface area contributed by atoms with Crippen molar-refractivity contribution in [3.8, 4) is 6.07 Å². The van der Waals surface area contributed by atoms with E-state index in [2.05, 4.69) is 21.7 Å². The van der Waals surface area contributed by atoms with Crippen LogP contribution < -0.4 is 10.6 Å².